The molecule has 4 heteroatoms. The molecule has 0 aliphatic carbocycles. The van der Waals surface area contributed by atoms with E-state index in [1.807, 2.05) is 55.5 Å². The van der Waals surface area contributed by atoms with Gasteiger partial charge in [0.15, 0.2) is 0 Å². The molecule has 2 rings (SSSR count). The van der Waals surface area contributed by atoms with Crippen LogP contribution in [0.25, 0.3) is 0 Å². The summed E-state index contributed by atoms with van der Waals surface area (Å²) in [5.74, 6) is -0.293. The Morgan fingerprint density at radius 1 is 1.19 bits per heavy atom. The van der Waals surface area contributed by atoms with Crippen LogP contribution >= 0.6 is 0 Å². The molecule has 2 aromatic rings. The summed E-state index contributed by atoms with van der Waals surface area (Å²) in [6.07, 6.45) is 2.48. The van der Waals surface area contributed by atoms with Crippen LogP contribution in [-0.2, 0) is 11.2 Å². The molecule has 1 heterocycles. The summed E-state index contributed by atoms with van der Waals surface area (Å²) in [6.45, 7) is 2.43. The third-order valence-corrected chi connectivity index (χ3v) is 3.54. The van der Waals surface area contributed by atoms with Crippen LogP contribution in [0.15, 0.2) is 54.7 Å². The number of hydrogen-bond donors (Lipinski definition) is 2. The Balaban J connectivity index is 1.82. The van der Waals surface area contributed by atoms with E-state index in [1.54, 1.807) is 6.20 Å². The number of benzene rings is 1. The second kappa shape index (κ2) is 7.55. The summed E-state index contributed by atoms with van der Waals surface area (Å²) in [5.41, 5.74) is 8.10. The van der Waals surface area contributed by atoms with Crippen molar-refractivity contribution in [2.75, 3.05) is 6.54 Å². The first-order chi connectivity index (χ1) is 10.2. The van der Waals surface area contributed by atoms with Crippen molar-refractivity contribution in [3.05, 3.63) is 66.0 Å². The molecule has 2 atom stereocenters. The largest absolute Gasteiger partial charge is 0.355 e. The fourth-order valence-corrected chi connectivity index (χ4v) is 2.15. The Kier molecular flexibility index (Phi) is 5.46. The summed E-state index contributed by atoms with van der Waals surface area (Å²) in [4.78, 5) is 16.4. The van der Waals surface area contributed by atoms with Gasteiger partial charge in [-0.05, 0) is 17.7 Å². The molecule has 2 unspecified atom stereocenters. The van der Waals surface area contributed by atoms with Gasteiger partial charge in [0.2, 0.25) is 5.91 Å². The van der Waals surface area contributed by atoms with Crippen molar-refractivity contribution in [2.24, 2.45) is 11.7 Å². The number of nitrogens with one attached hydrogen (secondary N) is 1. The Hall–Kier alpha value is -2.20. The molecule has 0 saturated carbocycles. The van der Waals surface area contributed by atoms with E-state index in [4.69, 9.17) is 5.73 Å². The second-order valence-electron chi connectivity index (χ2n) is 5.09. The molecule has 1 aromatic heterocycles. The van der Waals surface area contributed by atoms with E-state index in [0.29, 0.717) is 6.54 Å². The minimum absolute atomic E-state index is 0.0257. The molecular weight excluding hydrogens is 262 g/mol. The highest BCUT2D eigenvalue weighted by molar-refractivity contribution is 5.79. The van der Waals surface area contributed by atoms with Crippen LogP contribution in [0.4, 0.5) is 0 Å². The van der Waals surface area contributed by atoms with Gasteiger partial charge in [0.25, 0.3) is 0 Å². The third-order valence-electron chi connectivity index (χ3n) is 3.54. The SMILES string of the molecule is CC(C(=O)NCCc1ccccn1)C(N)c1ccccc1. The predicted octanol–water partition coefficient (Wildman–Crippen LogP) is 2.08. The third kappa shape index (κ3) is 4.39. The van der Waals surface area contributed by atoms with Crippen molar-refractivity contribution >= 4 is 5.91 Å². The van der Waals surface area contributed by atoms with Crippen LogP contribution in [0.1, 0.15) is 24.2 Å². The number of pyridine rings is 1. The van der Waals surface area contributed by atoms with E-state index < -0.39 is 0 Å². The number of carbonyl (C=O) groups excluding carboxylic acids is 1. The maximum Gasteiger partial charge on any atom is 0.224 e. The van der Waals surface area contributed by atoms with Gasteiger partial charge in [-0.25, -0.2) is 0 Å². The van der Waals surface area contributed by atoms with Gasteiger partial charge in [-0.1, -0.05) is 43.3 Å². The molecule has 21 heavy (non-hydrogen) atoms. The minimum Gasteiger partial charge on any atom is -0.355 e. The molecule has 0 fully saturated rings. The van der Waals surface area contributed by atoms with Gasteiger partial charge in [-0.15, -0.1) is 0 Å². The maximum atomic E-state index is 12.1. The smallest absolute Gasteiger partial charge is 0.224 e. The molecule has 1 amide bonds. The van der Waals surface area contributed by atoms with Crippen molar-refractivity contribution in [2.45, 2.75) is 19.4 Å². The maximum absolute atomic E-state index is 12.1. The van der Waals surface area contributed by atoms with E-state index in [2.05, 4.69) is 10.3 Å². The van der Waals surface area contributed by atoms with Gasteiger partial charge < -0.3 is 11.1 Å². The van der Waals surface area contributed by atoms with Gasteiger partial charge in [0.05, 0.1) is 5.92 Å². The molecule has 1 aromatic carbocycles. The lowest BCUT2D eigenvalue weighted by atomic mass is 9.94. The van der Waals surface area contributed by atoms with E-state index in [0.717, 1.165) is 17.7 Å². The number of nitrogens with zero attached hydrogens (tertiary/aromatic N) is 1. The summed E-state index contributed by atoms with van der Waals surface area (Å²) >= 11 is 0. The molecule has 110 valence electrons. The molecule has 4 nitrogen and oxygen atoms in total. The number of carbonyl (C=O) groups is 1. The van der Waals surface area contributed by atoms with Crippen molar-refractivity contribution in [1.29, 1.82) is 0 Å². The van der Waals surface area contributed by atoms with Crippen LogP contribution in [0.5, 0.6) is 0 Å². The molecule has 0 bridgehead atoms. The number of aromatic nitrogens is 1. The first-order valence-electron chi connectivity index (χ1n) is 7.16. The van der Waals surface area contributed by atoms with Crippen LogP contribution in [0.3, 0.4) is 0 Å². The van der Waals surface area contributed by atoms with Crippen LogP contribution < -0.4 is 11.1 Å². The zero-order valence-corrected chi connectivity index (χ0v) is 12.2. The van der Waals surface area contributed by atoms with E-state index in [1.165, 1.54) is 0 Å². The van der Waals surface area contributed by atoms with E-state index >= 15 is 0 Å². The lowest BCUT2D eigenvalue weighted by molar-refractivity contribution is -0.125. The van der Waals surface area contributed by atoms with Crippen LogP contribution in [0, 0.1) is 5.92 Å². The van der Waals surface area contributed by atoms with Crippen LogP contribution in [0.2, 0.25) is 0 Å². The average molecular weight is 283 g/mol. The monoisotopic (exact) mass is 283 g/mol. The second-order valence-corrected chi connectivity index (χ2v) is 5.09. The van der Waals surface area contributed by atoms with E-state index in [-0.39, 0.29) is 17.9 Å². The van der Waals surface area contributed by atoms with Crippen molar-refractivity contribution in [3.63, 3.8) is 0 Å². The highest BCUT2D eigenvalue weighted by Crippen LogP contribution is 2.18. The van der Waals surface area contributed by atoms with Gasteiger partial charge >= 0.3 is 0 Å². The first-order valence-corrected chi connectivity index (χ1v) is 7.16. The van der Waals surface area contributed by atoms with Gasteiger partial charge in [-0.3, -0.25) is 9.78 Å². The normalized spacial score (nSPS) is 13.4. The summed E-state index contributed by atoms with van der Waals surface area (Å²) in [5, 5.41) is 2.92. The highest BCUT2D eigenvalue weighted by Gasteiger charge is 2.21. The Morgan fingerprint density at radius 3 is 2.57 bits per heavy atom. The first kappa shape index (κ1) is 15.2. The fourth-order valence-electron chi connectivity index (χ4n) is 2.15. The number of amides is 1. The number of rotatable bonds is 6. The zero-order valence-electron chi connectivity index (χ0n) is 12.2. The average Bonchev–Trinajstić information content (AvgIpc) is 2.55. The Labute approximate surface area is 125 Å². The minimum atomic E-state index is -0.291. The molecular formula is C17H21N3O. The predicted molar refractivity (Wildman–Crippen MR) is 83.5 cm³/mol. The topological polar surface area (TPSA) is 68.0 Å². The van der Waals surface area contributed by atoms with Gasteiger partial charge in [0.1, 0.15) is 0 Å². The highest BCUT2D eigenvalue weighted by atomic mass is 16.1. The Morgan fingerprint density at radius 2 is 1.90 bits per heavy atom. The fraction of sp³-hybridized carbons (Fsp3) is 0.294. The van der Waals surface area contributed by atoms with Crippen molar-refractivity contribution in [3.8, 4) is 0 Å². The van der Waals surface area contributed by atoms with Crippen molar-refractivity contribution < 1.29 is 4.79 Å². The van der Waals surface area contributed by atoms with Gasteiger partial charge in [-0.2, -0.15) is 0 Å². The summed E-state index contributed by atoms with van der Waals surface area (Å²) in [6, 6.07) is 15.2. The summed E-state index contributed by atoms with van der Waals surface area (Å²) in [7, 11) is 0. The van der Waals surface area contributed by atoms with Crippen molar-refractivity contribution in [1.82, 2.24) is 10.3 Å². The lowest BCUT2D eigenvalue weighted by Crippen LogP contribution is -2.36. The molecule has 0 spiro atoms. The quantitative estimate of drug-likeness (QED) is 0.853. The molecule has 0 aliphatic heterocycles. The number of nitrogens with two attached hydrogens (primary N) is 1. The summed E-state index contributed by atoms with van der Waals surface area (Å²) < 4.78 is 0. The zero-order chi connectivity index (χ0) is 15.1. The standard InChI is InChI=1S/C17H21N3O/c1-13(16(18)14-7-3-2-4-8-14)17(21)20-12-10-15-9-5-6-11-19-15/h2-9,11,13,16H,10,12,18H2,1H3,(H,20,21). The lowest BCUT2D eigenvalue weighted by Gasteiger charge is -2.19. The molecule has 0 radical (unpaired) electrons. The van der Waals surface area contributed by atoms with Gasteiger partial charge in [0, 0.05) is 30.9 Å². The molecule has 0 saturated heterocycles. The Bertz CT molecular complexity index is 557. The van der Waals surface area contributed by atoms with Crippen LogP contribution in [-0.4, -0.2) is 17.4 Å². The van der Waals surface area contributed by atoms with E-state index in [9.17, 15) is 4.79 Å². The molecule has 3 N–H and O–H groups in total. The number of hydrogen-bond acceptors (Lipinski definition) is 3. The molecule has 0 aliphatic rings.